The summed E-state index contributed by atoms with van der Waals surface area (Å²) in [5.41, 5.74) is 1.15. The van der Waals surface area contributed by atoms with Crippen molar-refractivity contribution in [2.24, 2.45) is 0 Å². The van der Waals surface area contributed by atoms with E-state index in [-0.39, 0.29) is 5.75 Å². The number of nitrogens with one attached hydrogen (secondary N) is 2. The van der Waals surface area contributed by atoms with Gasteiger partial charge in [0.2, 0.25) is 0 Å². The van der Waals surface area contributed by atoms with Crippen LogP contribution in [0.4, 0.5) is 0 Å². The maximum absolute atomic E-state index is 9.60. The first-order chi connectivity index (χ1) is 7.81. The maximum Gasteiger partial charge on any atom is 0.161 e. The molecule has 4 heteroatoms. The summed E-state index contributed by atoms with van der Waals surface area (Å²) >= 11 is 0. The minimum Gasteiger partial charge on any atom is -0.504 e. The fourth-order valence-corrected chi connectivity index (χ4v) is 1.91. The van der Waals surface area contributed by atoms with Gasteiger partial charge in [-0.05, 0) is 24.6 Å². The quantitative estimate of drug-likeness (QED) is 0.715. The van der Waals surface area contributed by atoms with Crippen LogP contribution in [0, 0.1) is 0 Å². The Kier molecular flexibility index (Phi) is 3.64. The molecule has 0 radical (unpaired) electrons. The van der Waals surface area contributed by atoms with Crippen molar-refractivity contribution in [3.63, 3.8) is 0 Å². The van der Waals surface area contributed by atoms with Crippen LogP contribution in [0.5, 0.6) is 11.5 Å². The number of benzene rings is 1. The molecule has 1 aliphatic rings. The van der Waals surface area contributed by atoms with Crippen LogP contribution in [0.3, 0.4) is 0 Å². The highest BCUT2D eigenvalue weighted by molar-refractivity contribution is 5.43. The van der Waals surface area contributed by atoms with Gasteiger partial charge < -0.3 is 20.5 Å². The predicted octanol–water partition coefficient (Wildman–Crippen LogP) is 1.02. The van der Waals surface area contributed by atoms with Gasteiger partial charge in [-0.1, -0.05) is 6.07 Å². The molecule has 1 fully saturated rings. The van der Waals surface area contributed by atoms with E-state index in [1.165, 1.54) is 0 Å². The Morgan fingerprint density at radius 1 is 1.44 bits per heavy atom. The molecule has 4 nitrogen and oxygen atoms in total. The zero-order valence-corrected chi connectivity index (χ0v) is 9.49. The summed E-state index contributed by atoms with van der Waals surface area (Å²) in [4.78, 5) is 0. The zero-order chi connectivity index (χ0) is 11.4. The van der Waals surface area contributed by atoms with Crippen LogP contribution in [-0.2, 0) is 0 Å². The Bertz CT molecular complexity index is 349. The lowest BCUT2D eigenvalue weighted by atomic mass is 10.0. The summed E-state index contributed by atoms with van der Waals surface area (Å²) in [6.45, 7) is 5.36. The molecule has 1 aromatic rings. The van der Waals surface area contributed by atoms with Gasteiger partial charge in [0, 0.05) is 25.7 Å². The molecule has 0 unspecified atom stereocenters. The highest BCUT2D eigenvalue weighted by atomic mass is 16.5. The van der Waals surface area contributed by atoms with Crippen LogP contribution < -0.4 is 15.4 Å². The lowest BCUT2D eigenvalue weighted by Crippen LogP contribution is -2.42. The molecule has 16 heavy (non-hydrogen) atoms. The molecular formula is C12H18N2O2. The van der Waals surface area contributed by atoms with E-state index < -0.39 is 0 Å². The fraction of sp³-hybridized carbons (Fsp3) is 0.500. The van der Waals surface area contributed by atoms with Crippen LogP contribution in [0.25, 0.3) is 0 Å². The molecule has 0 spiro atoms. The summed E-state index contributed by atoms with van der Waals surface area (Å²) in [5.74, 6) is 0.766. The van der Waals surface area contributed by atoms with E-state index in [0.29, 0.717) is 18.4 Å². The van der Waals surface area contributed by atoms with Gasteiger partial charge in [-0.3, -0.25) is 0 Å². The van der Waals surface area contributed by atoms with Crippen LogP contribution in [0.2, 0.25) is 0 Å². The van der Waals surface area contributed by atoms with E-state index in [4.69, 9.17) is 4.74 Å². The van der Waals surface area contributed by atoms with Crippen molar-refractivity contribution in [1.29, 1.82) is 0 Å². The molecule has 0 amide bonds. The van der Waals surface area contributed by atoms with E-state index in [1.54, 1.807) is 6.07 Å². The Morgan fingerprint density at radius 3 is 3.00 bits per heavy atom. The third kappa shape index (κ3) is 2.46. The van der Waals surface area contributed by atoms with Crippen molar-refractivity contribution in [3.05, 3.63) is 23.8 Å². The van der Waals surface area contributed by atoms with Gasteiger partial charge in [0.05, 0.1) is 6.61 Å². The first-order valence-electron chi connectivity index (χ1n) is 5.71. The van der Waals surface area contributed by atoms with Crippen molar-refractivity contribution in [3.8, 4) is 11.5 Å². The largest absolute Gasteiger partial charge is 0.504 e. The van der Waals surface area contributed by atoms with Crippen molar-refractivity contribution < 1.29 is 9.84 Å². The number of hydrogen-bond acceptors (Lipinski definition) is 4. The van der Waals surface area contributed by atoms with E-state index in [2.05, 4.69) is 10.6 Å². The van der Waals surface area contributed by atoms with Gasteiger partial charge in [-0.15, -0.1) is 0 Å². The molecular weight excluding hydrogens is 204 g/mol. The number of ether oxygens (including phenoxy) is 1. The number of rotatable bonds is 3. The Hall–Kier alpha value is -1.26. The van der Waals surface area contributed by atoms with Crippen molar-refractivity contribution in [2.45, 2.75) is 13.0 Å². The first-order valence-corrected chi connectivity index (χ1v) is 5.71. The van der Waals surface area contributed by atoms with Gasteiger partial charge in [-0.2, -0.15) is 0 Å². The monoisotopic (exact) mass is 222 g/mol. The van der Waals surface area contributed by atoms with Crippen molar-refractivity contribution in [2.75, 3.05) is 26.2 Å². The summed E-state index contributed by atoms with van der Waals surface area (Å²) < 4.78 is 5.37. The Labute approximate surface area is 95.6 Å². The minimum absolute atomic E-state index is 0.203. The van der Waals surface area contributed by atoms with E-state index in [1.807, 2.05) is 19.1 Å². The Balaban J connectivity index is 2.17. The normalized spacial score (nSPS) is 20.7. The molecule has 0 bridgehead atoms. The number of aromatic hydroxyl groups is 1. The minimum atomic E-state index is 0.203. The van der Waals surface area contributed by atoms with Crippen LogP contribution >= 0.6 is 0 Å². The van der Waals surface area contributed by atoms with Gasteiger partial charge in [0.1, 0.15) is 0 Å². The van der Waals surface area contributed by atoms with Crippen LogP contribution in [-0.4, -0.2) is 31.3 Å². The number of phenols is 1. The third-order valence-electron chi connectivity index (χ3n) is 2.73. The van der Waals surface area contributed by atoms with Gasteiger partial charge in [0.25, 0.3) is 0 Å². The first kappa shape index (κ1) is 11.2. The van der Waals surface area contributed by atoms with Crippen molar-refractivity contribution >= 4 is 0 Å². The molecule has 1 atom stereocenters. The number of hydrogen-bond donors (Lipinski definition) is 3. The summed E-state index contributed by atoms with van der Waals surface area (Å²) in [6, 6.07) is 5.83. The molecule has 0 aromatic heterocycles. The number of piperazine rings is 1. The average molecular weight is 222 g/mol. The molecule has 1 aliphatic heterocycles. The summed E-state index contributed by atoms with van der Waals surface area (Å²) in [6.07, 6.45) is 0. The van der Waals surface area contributed by atoms with Gasteiger partial charge in [-0.25, -0.2) is 0 Å². The highest BCUT2D eigenvalue weighted by Crippen LogP contribution is 2.29. The lowest BCUT2D eigenvalue weighted by molar-refractivity contribution is 0.316. The van der Waals surface area contributed by atoms with Crippen LogP contribution in [0.1, 0.15) is 18.5 Å². The molecule has 88 valence electrons. The zero-order valence-electron chi connectivity index (χ0n) is 9.49. The second kappa shape index (κ2) is 5.18. The number of phenolic OH excluding ortho intramolecular Hbond substituents is 1. The highest BCUT2D eigenvalue weighted by Gasteiger charge is 2.15. The smallest absolute Gasteiger partial charge is 0.161 e. The average Bonchev–Trinajstić information content (AvgIpc) is 2.33. The molecule has 1 aromatic carbocycles. The van der Waals surface area contributed by atoms with Crippen molar-refractivity contribution in [1.82, 2.24) is 10.6 Å². The SMILES string of the molecule is CCOc1cc([C@H]2CNCCN2)ccc1O. The third-order valence-corrected chi connectivity index (χ3v) is 2.73. The van der Waals surface area contributed by atoms with E-state index >= 15 is 0 Å². The molecule has 3 N–H and O–H groups in total. The van der Waals surface area contributed by atoms with Gasteiger partial charge in [0.15, 0.2) is 11.5 Å². The standard InChI is InChI=1S/C12H18N2O2/c1-2-16-12-7-9(3-4-11(12)15)10-8-13-5-6-14-10/h3-4,7,10,13-15H,2,5-6,8H2,1H3/t10-/m1/s1. The predicted molar refractivity (Wildman–Crippen MR) is 62.9 cm³/mol. The van der Waals surface area contributed by atoms with E-state index in [9.17, 15) is 5.11 Å². The van der Waals surface area contributed by atoms with Crippen LogP contribution in [0.15, 0.2) is 18.2 Å². The molecule has 0 aliphatic carbocycles. The van der Waals surface area contributed by atoms with Gasteiger partial charge >= 0.3 is 0 Å². The molecule has 1 saturated heterocycles. The second-order valence-corrected chi connectivity index (χ2v) is 3.87. The second-order valence-electron chi connectivity index (χ2n) is 3.87. The summed E-state index contributed by atoms with van der Waals surface area (Å²) in [5, 5.41) is 16.4. The summed E-state index contributed by atoms with van der Waals surface area (Å²) in [7, 11) is 0. The maximum atomic E-state index is 9.60. The Morgan fingerprint density at radius 2 is 2.31 bits per heavy atom. The topological polar surface area (TPSA) is 53.5 Å². The lowest BCUT2D eigenvalue weighted by Gasteiger charge is -2.25. The molecule has 2 rings (SSSR count). The molecule has 0 saturated carbocycles. The van der Waals surface area contributed by atoms with E-state index in [0.717, 1.165) is 25.2 Å². The fourth-order valence-electron chi connectivity index (χ4n) is 1.91. The molecule has 1 heterocycles.